The monoisotopic (exact) mass is 378 g/mol. The quantitative estimate of drug-likeness (QED) is 0.255. The molecule has 0 N–H and O–H groups in total. The zero-order chi connectivity index (χ0) is 19.7. The Balaban J connectivity index is 1.48. The van der Waals surface area contributed by atoms with Crippen molar-refractivity contribution in [3.05, 3.63) is 60.2 Å². The number of hydrogen-bond acceptors (Lipinski definition) is 0. The molecule has 2 aromatic rings. The Morgan fingerprint density at radius 3 is 1.50 bits per heavy atom. The van der Waals surface area contributed by atoms with Crippen molar-refractivity contribution in [3.63, 3.8) is 0 Å². The Hall–Kier alpha value is -1.56. The Labute approximate surface area is 174 Å². The van der Waals surface area contributed by atoms with Gasteiger partial charge in [-0.1, -0.05) is 145 Å². The van der Waals surface area contributed by atoms with Crippen LogP contribution in [0, 0.1) is 0 Å². The molecular formula is C28H42. The fraction of sp³-hybridized carbons (Fsp3) is 0.571. The lowest BCUT2D eigenvalue weighted by Crippen LogP contribution is -1.91. The Kier molecular flexibility index (Phi) is 12.5. The molecule has 154 valence electrons. The van der Waals surface area contributed by atoms with E-state index in [2.05, 4.69) is 61.5 Å². The van der Waals surface area contributed by atoms with Gasteiger partial charge >= 0.3 is 0 Å². The van der Waals surface area contributed by atoms with E-state index < -0.39 is 0 Å². The molecule has 28 heavy (non-hydrogen) atoms. The van der Waals surface area contributed by atoms with Crippen molar-refractivity contribution in [2.24, 2.45) is 0 Å². The molecular weight excluding hydrogens is 336 g/mol. The Morgan fingerprint density at radius 1 is 0.464 bits per heavy atom. The van der Waals surface area contributed by atoms with E-state index in [1.165, 1.54) is 113 Å². The van der Waals surface area contributed by atoms with E-state index in [4.69, 9.17) is 0 Å². The summed E-state index contributed by atoms with van der Waals surface area (Å²) in [7, 11) is 0. The van der Waals surface area contributed by atoms with E-state index in [0.29, 0.717) is 0 Å². The van der Waals surface area contributed by atoms with Gasteiger partial charge in [-0.3, -0.25) is 0 Å². The summed E-state index contributed by atoms with van der Waals surface area (Å²) in [6.07, 6.45) is 21.2. The molecule has 2 rings (SSSR count). The van der Waals surface area contributed by atoms with Crippen LogP contribution in [0.15, 0.2) is 54.6 Å². The molecule has 0 bridgehead atoms. The maximum absolute atomic E-state index is 2.31. The smallest absolute Gasteiger partial charge is 0.0152 e. The molecule has 2 aromatic carbocycles. The van der Waals surface area contributed by atoms with Gasteiger partial charge in [-0.2, -0.15) is 0 Å². The third-order valence-electron chi connectivity index (χ3n) is 5.90. The molecule has 0 radical (unpaired) electrons. The first-order valence-electron chi connectivity index (χ1n) is 12.0. The molecule has 0 aliphatic carbocycles. The molecule has 0 saturated carbocycles. The van der Waals surface area contributed by atoms with E-state index in [0.717, 1.165) is 0 Å². The predicted octanol–water partition coefficient (Wildman–Crippen LogP) is 9.38. The van der Waals surface area contributed by atoms with Gasteiger partial charge in [0.15, 0.2) is 0 Å². The van der Waals surface area contributed by atoms with Crippen LogP contribution in [-0.4, -0.2) is 0 Å². The minimum atomic E-state index is 1.21. The van der Waals surface area contributed by atoms with Crippen molar-refractivity contribution in [2.75, 3.05) is 0 Å². The summed E-state index contributed by atoms with van der Waals surface area (Å²) in [6.45, 7) is 2.30. The summed E-state index contributed by atoms with van der Waals surface area (Å²) in [4.78, 5) is 0. The zero-order valence-electron chi connectivity index (χ0n) is 18.3. The van der Waals surface area contributed by atoms with E-state index >= 15 is 0 Å². The molecule has 0 spiro atoms. The molecule has 0 aliphatic rings. The summed E-state index contributed by atoms with van der Waals surface area (Å²) in [5.41, 5.74) is 4.27. The minimum absolute atomic E-state index is 1.21. The first-order chi connectivity index (χ1) is 13.9. The fourth-order valence-electron chi connectivity index (χ4n) is 4.15. The third-order valence-corrected chi connectivity index (χ3v) is 5.90. The van der Waals surface area contributed by atoms with Crippen LogP contribution in [-0.2, 0) is 6.42 Å². The molecule has 0 amide bonds. The number of unbranched alkanes of at least 4 members (excludes halogenated alkanes) is 13. The SMILES string of the molecule is CCCCCCCCCCCCCCCCc1ccccc1-c1ccccc1. The highest BCUT2D eigenvalue weighted by Gasteiger charge is 2.03. The van der Waals surface area contributed by atoms with Crippen molar-refractivity contribution >= 4 is 0 Å². The van der Waals surface area contributed by atoms with Gasteiger partial charge in [0.2, 0.25) is 0 Å². The molecule has 0 fully saturated rings. The van der Waals surface area contributed by atoms with Gasteiger partial charge < -0.3 is 0 Å². The standard InChI is InChI=1S/C28H42/c1-2-3-4-5-6-7-8-9-10-11-12-13-14-16-21-27-24-19-20-25-28(27)26-22-17-15-18-23-26/h15,17-20,22-25H,2-14,16,21H2,1H3. The second-order valence-corrected chi connectivity index (χ2v) is 8.37. The summed E-state index contributed by atoms with van der Waals surface area (Å²) in [5, 5.41) is 0. The van der Waals surface area contributed by atoms with Crippen molar-refractivity contribution < 1.29 is 0 Å². The van der Waals surface area contributed by atoms with Crippen molar-refractivity contribution in [2.45, 2.75) is 103 Å². The first kappa shape index (κ1) is 22.7. The van der Waals surface area contributed by atoms with Crippen molar-refractivity contribution in [1.82, 2.24) is 0 Å². The average molecular weight is 379 g/mol. The highest BCUT2D eigenvalue weighted by Crippen LogP contribution is 2.25. The fourth-order valence-corrected chi connectivity index (χ4v) is 4.15. The highest BCUT2D eigenvalue weighted by molar-refractivity contribution is 5.67. The van der Waals surface area contributed by atoms with Gasteiger partial charge in [0.05, 0.1) is 0 Å². The average Bonchev–Trinajstić information content (AvgIpc) is 2.75. The van der Waals surface area contributed by atoms with Crippen LogP contribution in [0.2, 0.25) is 0 Å². The number of hydrogen-bond donors (Lipinski definition) is 0. The maximum Gasteiger partial charge on any atom is -0.0152 e. The first-order valence-corrected chi connectivity index (χ1v) is 12.0. The lowest BCUT2D eigenvalue weighted by Gasteiger charge is -2.10. The van der Waals surface area contributed by atoms with Crippen LogP contribution in [0.5, 0.6) is 0 Å². The molecule has 0 heterocycles. The van der Waals surface area contributed by atoms with E-state index in [-0.39, 0.29) is 0 Å². The Bertz CT molecular complexity index is 598. The maximum atomic E-state index is 2.31. The van der Waals surface area contributed by atoms with E-state index in [9.17, 15) is 0 Å². The van der Waals surface area contributed by atoms with Crippen molar-refractivity contribution in [3.8, 4) is 11.1 Å². The van der Waals surface area contributed by atoms with Crippen molar-refractivity contribution in [1.29, 1.82) is 0 Å². The number of benzene rings is 2. The predicted molar refractivity (Wildman–Crippen MR) is 126 cm³/mol. The van der Waals surface area contributed by atoms with E-state index in [1.54, 1.807) is 0 Å². The molecule has 0 unspecified atom stereocenters. The second kappa shape index (κ2) is 15.4. The lowest BCUT2D eigenvalue weighted by atomic mass is 9.95. The summed E-state index contributed by atoms with van der Waals surface area (Å²) < 4.78 is 0. The minimum Gasteiger partial charge on any atom is -0.0654 e. The second-order valence-electron chi connectivity index (χ2n) is 8.37. The topological polar surface area (TPSA) is 0 Å². The van der Waals surface area contributed by atoms with Gasteiger partial charge in [-0.05, 0) is 29.5 Å². The summed E-state index contributed by atoms with van der Waals surface area (Å²) in [5.74, 6) is 0. The van der Waals surface area contributed by atoms with Crippen LogP contribution in [0.3, 0.4) is 0 Å². The van der Waals surface area contributed by atoms with Gasteiger partial charge in [0.1, 0.15) is 0 Å². The summed E-state index contributed by atoms with van der Waals surface area (Å²) in [6, 6.07) is 19.8. The number of rotatable bonds is 16. The summed E-state index contributed by atoms with van der Waals surface area (Å²) >= 11 is 0. The molecule has 0 aromatic heterocycles. The molecule has 0 aliphatic heterocycles. The lowest BCUT2D eigenvalue weighted by molar-refractivity contribution is 0.535. The van der Waals surface area contributed by atoms with Crippen LogP contribution in [0.4, 0.5) is 0 Å². The largest absolute Gasteiger partial charge is 0.0654 e. The van der Waals surface area contributed by atoms with Crippen LogP contribution >= 0.6 is 0 Å². The van der Waals surface area contributed by atoms with E-state index in [1.807, 2.05) is 0 Å². The molecule has 0 atom stereocenters. The third kappa shape index (κ3) is 9.58. The van der Waals surface area contributed by atoms with Crippen LogP contribution < -0.4 is 0 Å². The normalized spacial score (nSPS) is 11.0. The zero-order valence-corrected chi connectivity index (χ0v) is 18.3. The molecule has 0 heteroatoms. The van der Waals surface area contributed by atoms with Gasteiger partial charge in [0.25, 0.3) is 0 Å². The van der Waals surface area contributed by atoms with Gasteiger partial charge in [-0.25, -0.2) is 0 Å². The highest BCUT2D eigenvalue weighted by atomic mass is 14.1. The number of aryl methyl sites for hydroxylation is 1. The molecule has 0 nitrogen and oxygen atoms in total. The van der Waals surface area contributed by atoms with Crippen LogP contribution in [0.1, 0.15) is 102 Å². The van der Waals surface area contributed by atoms with Crippen LogP contribution in [0.25, 0.3) is 11.1 Å². The molecule has 0 saturated heterocycles. The Morgan fingerprint density at radius 2 is 0.929 bits per heavy atom. The van der Waals surface area contributed by atoms with Gasteiger partial charge in [0, 0.05) is 0 Å². The van der Waals surface area contributed by atoms with Gasteiger partial charge in [-0.15, -0.1) is 0 Å².